The molecule has 3 aromatic rings. The Morgan fingerprint density at radius 2 is 1.52 bits per heavy atom. The monoisotopic (exact) mass is 321 g/mol. The Bertz CT molecular complexity index is 785. The Morgan fingerprint density at radius 3 is 2.17 bits per heavy atom. The predicted molar refractivity (Wildman–Crippen MR) is 93.6 cm³/mol. The van der Waals surface area contributed by atoms with Gasteiger partial charge in [-0.15, -0.1) is 5.10 Å². The summed E-state index contributed by atoms with van der Waals surface area (Å²) < 4.78 is 4.26. The van der Waals surface area contributed by atoms with Gasteiger partial charge in [0.2, 0.25) is 0 Å². The fraction of sp³-hybridized carbons (Fsp3) is 0.263. The fourth-order valence-electron chi connectivity index (χ4n) is 3.75. The maximum atomic E-state index is 4.47. The van der Waals surface area contributed by atoms with E-state index >= 15 is 0 Å². The van der Waals surface area contributed by atoms with Crippen molar-refractivity contribution in [1.82, 2.24) is 14.5 Å². The molecule has 3 nitrogen and oxygen atoms in total. The lowest BCUT2D eigenvalue weighted by atomic mass is 9.83. The minimum absolute atomic E-state index is 0.215. The Kier molecular flexibility index (Phi) is 3.71. The van der Waals surface area contributed by atoms with Gasteiger partial charge in [-0.3, -0.25) is 4.90 Å². The minimum atomic E-state index is 0.215. The molecule has 1 aliphatic heterocycles. The predicted octanol–water partition coefficient (Wildman–Crippen LogP) is 4.42. The molecule has 1 aromatic heterocycles. The Morgan fingerprint density at radius 1 is 0.913 bits per heavy atom. The van der Waals surface area contributed by atoms with Crippen LogP contribution >= 0.6 is 11.5 Å². The number of likely N-dealkylation sites (N-methyl/N-ethyl adjacent to an activating group) is 1. The largest absolute Gasteiger partial charge is 0.287 e. The molecular weight excluding hydrogens is 302 g/mol. The van der Waals surface area contributed by atoms with E-state index in [1.807, 2.05) is 0 Å². The van der Waals surface area contributed by atoms with Crippen LogP contribution in [0.2, 0.25) is 0 Å². The van der Waals surface area contributed by atoms with Gasteiger partial charge in [-0.25, -0.2) is 0 Å². The van der Waals surface area contributed by atoms with E-state index in [4.69, 9.17) is 0 Å². The molecule has 23 heavy (non-hydrogen) atoms. The van der Waals surface area contributed by atoms with Crippen LogP contribution < -0.4 is 0 Å². The summed E-state index contributed by atoms with van der Waals surface area (Å²) in [5.74, 6) is 0.330. The van der Waals surface area contributed by atoms with Crippen LogP contribution in [0.15, 0.2) is 60.7 Å². The van der Waals surface area contributed by atoms with E-state index in [1.54, 1.807) is 0 Å². The van der Waals surface area contributed by atoms with Crippen LogP contribution in [-0.4, -0.2) is 21.5 Å². The van der Waals surface area contributed by atoms with E-state index in [-0.39, 0.29) is 6.04 Å². The van der Waals surface area contributed by atoms with Gasteiger partial charge < -0.3 is 0 Å². The van der Waals surface area contributed by atoms with Crippen molar-refractivity contribution in [2.24, 2.45) is 0 Å². The van der Waals surface area contributed by atoms with Crippen molar-refractivity contribution < 1.29 is 0 Å². The highest BCUT2D eigenvalue weighted by Gasteiger charge is 2.40. The number of rotatable bonds is 2. The SMILES string of the molecule is C[C@H]1c2nnsc2[C@H](c2ccccc2)N(C)[C@@H]1c1ccccc1. The molecule has 2 aromatic carbocycles. The average Bonchev–Trinajstić information content (AvgIpc) is 3.07. The van der Waals surface area contributed by atoms with Crippen LogP contribution in [0.4, 0.5) is 0 Å². The van der Waals surface area contributed by atoms with E-state index < -0.39 is 0 Å². The third-order valence-electron chi connectivity index (χ3n) is 4.80. The Balaban J connectivity index is 1.86. The normalized spacial score (nSPS) is 24.3. The maximum Gasteiger partial charge on any atom is 0.0854 e. The molecule has 0 bridgehead atoms. The molecule has 1 aliphatic rings. The molecule has 2 heterocycles. The van der Waals surface area contributed by atoms with Crippen LogP contribution in [0.3, 0.4) is 0 Å². The molecule has 0 unspecified atom stereocenters. The molecule has 0 saturated heterocycles. The number of hydrogen-bond donors (Lipinski definition) is 0. The molecular formula is C19H19N3S. The number of hydrogen-bond acceptors (Lipinski definition) is 4. The fourth-order valence-corrected chi connectivity index (χ4v) is 4.69. The maximum absolute atomic E-state index is 4.47. The first-order valence-corrected chi connectivity index (χ1v) is 8.68. The topological polar surface area (TPSA) is 29.0 Å². The van der Waals surface area contributed by atoms with Crippen LogP contribution in [0.1, 0.15) is 46.6 Å². The third-order valence-corrected chi connectivity index (χ3v) is 5.59. The van der Waals surface area contributed by atoms with E-state index in [0.717, 1.165) is 5.69 Å². The second-order valence-electron chi connectivity index (χ2n) is 6.15. The summed E-state index contributed by atoms with van der Waals surface area (Å²) >= 11 is 1.53. The van der Waals surface area contributed by atoms with E-state index in [0.29, 0.717) is 12.0 Å². The Labute approximate surface area is 140 Å². The number of nitrogens with zero attached hydrogens (tertiary/aromatic N) is 3. The van der Waals surface area contributed by atoms with Crippen LogP contribution in [-0.2, 0) is 0 Å². The lowest BCUT2D eigenvalue weighted by Gasteiger charge is -2.42. The number of aromatic nitrogens is 2. The summed E-state index contributed by atoms with van der Waals surface area (Å²) in [5.41, 5.74) is 3.79. The van der Waals surface area contributed by atoms with Gasteiger partial charge in [-0.2, -0.15) is 0 Å². The summed E-state index contributed by atoms with van der Waals surface area (Å²) in [5, 5.41) is 4.47. The molecule has 0 N–H and O–H groups in total. The number of benzene rings is 2. The van der Waals surface area contributed by atoms with Crippen molar-refractivity contribution in [3.63, 3.8) is 0 Å². The van der Waals surface area contributed by atoms with E-state index in [9.17, 15) is 0 Å². The van der Waals surface area contributed by atoms with Crippen molar-refractivity contribution >= 4 is 11.5 Å². The molecule has 116 valence electrons. The van der Waals surface area contributed by atoms with Crippen LogP contribution in [0.5, 0.6) is 0 Å². The van der Waals surface area contributed by atoms with Gasteiger partial charge in [0, 0.05) is 12.0 Å². The zero-order chi connectivity index (χ0) is 15.8. The van der Waals surface area contributed by atoms with Gasteiger partial charge in [0.1, 0.15) is 0 Å². The highest BCUT2D eigenvalue weighted by Crippen LogP contribution is 2.48. The molecule has 3 atom stereocenters. The molecule has 4 rings (SSSR count). The van der Waals surface area contributed by atoms with Crippen molar-refractivity contribution in [2.75, 3.05) is 7.05 Å². The standard InChI is InChI=1S/C19H19N3S/c1-13-16-19(23-21-20-16)18(15-11-7-4-8-12-15)22(2)17(13)14-9-5-3-6-10-14/h3-13,17-18H,1-2H3/t13-,17-,18-/m0/s1. The molecule has 0 radical (unpaired) electrons. The summed E-state index contributed by atoms with van der Waals surface area (Å²) in [6.07, 6.45) is 0. The van der Waals surface area contributed by atoms with E-state index in [1.165, 1.54) is 27.5 Å². The van der Waals surface area contributed by atoms with Gasteiger partial charge in [0.15, 0.2) is 0 Å². The summed E-state index contributed by atoms with van der Waals surface area (Å²) in [4.78, 5) is 3.75. The summed E-state index contributed by atoms with van der Waals surface area (Å²) in [6.45, 7) is 2.26. The van der Waals surface area contributed by atoms with Gasteiger partial charge in [0.25, 0.3) is 0 Å². The third kappa shape index (κ3) is 2.38. The van der Waals surface area contributed by atoms with Crippen molar-refractivity contribution in [2.45, 2.75) is 24.9 Å². The summed E-state index contributed by atoms with van der Waals surface area (Å²) in [6, 6.07) is 21.9. The van der Waals surface area contributed by atoms with Crippen molar-refractivity contribution in [3.05, 3.63) is 82.4 Å². The number of fused-ring (bicyclic) bond motifs is 1. The second kappa shape index (κ2) is 5.87. The highest BCUT2D eigenvalue weighted by molar-refractivity contribution is 7.05. The van der Waals surface area contributed by atoms with Crippen LogP contribution in [0, 0.1) is 0 Å². The van der Waals surface area contributed by atoms with Gasteiger partial charge in [-0.1, -0.05) is 72.1 Å². The molecule has 0 amide bonds. The first kappa shape index (κ1) is 14.5. The first-order valence-electron chi connectivity index (χ1n) is 7.91. The van der Waals surface area contributed by atoms with Gasteiger partial charge >= 0.3 is 0 Å². The lowest BCUT2D eigenvalue weighted by molar-refractivity contribution is 0.158. The van der Waals surface area contributed by atoms with Crippen LogP contribution in [0.25, 0.3) is 0 Å². The quantitative estimate of drug-likeness (QED) is 0.700. The smallest absolute Gasteiger partial charge is 0.0854 e. The molecule has 4 heteroatoms. The summed E-state index contributed by atoms with van der Waals surface area (Å²) in [7, 11) is 2.22. The molecule has 0 aliphatic carbocycles. The molecule has 0 fully saturated rings. The zero-order valence-corrected chi connectivity index (χ0v) is 14.1. The molecule has 0 spiro atoms. The lowest BCUT2D eigenvalue weighted by Crippen LogP contribution is -2.37. The highest BCUT2D eigenvalue weighted by atomic mass is 32.1. The van der Waals surface area contributed by atoms with E-state index in [2.05, 4.69) is 89.1 Å². The average molecular weight is 321 g/mol. The van der Waals surface area contributed by atoms with Crippen molar-refractivity contribution in [1.29, 1.82) is 0 Å². The molecule has 0 saturated carbocycles. The van der Waals surface area contributed by atoms with Gasteiger partial charge in [0.05, 0.1) is 16.6 Å². The van der Waals surface area contributed by atoms with Gasteiger partial charge in [-0.05, 0) is 29.7 Å². The van der Waals surface area contributed by atoms with Crippen molar-refractivity contribution in [3.8, 4) is 0 Å². The second-order valence-corrected chi connectivity index (χ2v) is 6.93. The Hall–Kier alpha value is -2.04. The first-order chi connectivity index (χ1) is 11.3. The zero-order valence-electron chi connectivity index (χ0n) is 13.3. The minimum Gasteiger partial charge on any atom is -0.287 e.